The Bertz CT molecular complexity index is 393. The zero-order chi connectivity index (χ0) is 10.7. The molecule has 0 spiro atoms. The molecule has 1 aromatic rings. The van der Waals surface area contributed by atoms with E-state index >= 15 is 0 Å². The zero-order valence-electron chi connectivity index (χ0n) is 8.53. The molecule has 15 heavy (non-hydrogen) atoms. The van der Waals surface area contributed by atoms with Gasteiger partial charge in [-0.3, -0.25) is 0 Å². The van der Waals surface area contributed by atoms with Gasteiger partial charge in [0.25, 0.3) is 0 Å². The van der Waals surface area contributed by atoms with Crippen LogP contribution in [0.3, 0.4) is 0 Å². The fraction of sp³-hybridized carbons (Fsp3) is 0.250. The lowest BCUT2D eigenvalue weighted by molar-refractivity contribution is -0.136. The van der Waals surface area contributed by atoms with Gasteiger partial charge in [0, 0.05) is 0 Å². The summed E-state index contributed by atoms with van der Waals surface area (Å²) in [7, 11) is 0. The van der Waals surface area contributed by atoms with Gasteiger partial charge in [-0.1, -0.05) is 30.3 Å². The number of hydrogen-bond acceptors (Lipinski definition) is 3. The normalized spacial score (nSPS) is 15.4. The third-order valence-electron chi connectivity index (χ3n) is 2.31. The first kappa shape index (κ1) is 9.77. The van der Waals surface area contributed by atoms with E-state index in [4.69, 9.17) is 9.47 Å². The van der Waals surface area contributed by atoms with E-state index in [1.807, 2.05) is 30.3 Å². The Kier molecular flexibility index (Phi) is 2.72. The summed E-state index contributed by atoms with van der Waals surface area (Å²) in [5, 5.41) is 0. The summed E-state index contributed by atoms with van der Waals surface area (Å²) in [4.78, 5) is 11.0. The molecule has 3 nitrogen and oxygen atoms in total. The van der Waals surface area contributed by atoms with E-state index in [0.717, 1.165) is 5.56 Å². The third-order valence-corrected chi connectivity index (χ3v) is 2.31. The second-order valence-electron chi connectivity index (χ2n) is 3.40. The molecule has 0 bridgehead atoms. The number of carbonyl (C=O) groups is 1. The van der Waals surface area contributed by atoms with Crippen molar-refractivity contribution in [2.75, 3.05) is 6.61 Å². The average molecular weight is 204 g/mol. The molecule has 1 heterocycles. The van der Waals surface area contributed by atoms with Gasteiger partial charge in [-0.05, 0) is 12.5 Å². The number of rotatable bonds is 3. The summed E-state index contributed by atoms with van der Waals surface area (Å²) in [6, 6.07) is 9.82. The first-order valence-electron chi connectivity index (χ1n) is 4.81. The highest BCUT2D eigenvalue weighted by molar-refractivity contribution is 5.90. The van der Waals surface area contributed by atoms with Crippen LogP contribution in [-0.2, 0) is 20.9 Å². The van der Waals surface area contributed by atoms with Gasteiger partial charge in [-0.2, -0.15) is 0 Å². The van der Waals surface area contributed by atoms with Crippen LogP contribution in [-0.4, -0.2) is 12.6 Å². The molecule has 0 aromatic heterocycles. The van der Waals surface area contributed by atoms with Crippen molar-refractivity contribution in [3.63, 3.8) is 0 Å². The average Bonchev–Trinajstić information content (AvgIpc) is 2.59. The molecule has 1 aliphatic rings. The van der Waals surface area contributed by atoms with Crippen molar-refractivity contribution in [1.82, 2.24) is 0 Å². The van der Waals surface area contributed by atoms with Gasteiger partial charge in [0.1, 0.15) is 19.0 Å². The van der Waals surface area contributed by atoms with E-state index < -0.39 is 0 Å². The smallest absolute Gasteiger partial charge is 0.337 e. The van der Waals surface area contributed by atoms with Crippen LogP contribution in [0, 0.1) is 0 Å². The van der Waals surface area contributed by atoms with E-state index in [0.29, 0.717) is 17.9 Å². The van der Waals surface area contributed by atoms with Crippen molar-refractivity contribution in [3.8, 4) is 0 Å². The Hall–Kier alpha value is -1.77. The van der Waals surface area contributed by atoms with Crippen LogP contribution in [0.15, 0.2) is 41.7 Å². The van der Waals surface area contributed by atoms with Crippen LogP contribution in [0.5, 0.6) is 0 Å². The molecule has 0 radical (unpaired) electrons. The summed E-state index contributed by atoms with van der Waals surface area (Å²) in [5.41, 5.74) is 1.66. The molecule has 0 saturated carbocycles. The number of esters is 1. The first-order chi connectivity index (χ1) is 7.27. The van der Waals surface area contributed by atoms with Gasteiger partial charge in [-0.25, -0.2) is 4.79 Å². The van der Waals surface area contributed by atoms with Gasteiger partial charge < -0.3 is 9.47 Å². The maximum absolute atomic E-state index is 11.0. The van der Waals surface area contributed by atoms with Crippen molar-refractivity contribution >= 4 is 5.97 Å². The second kappa shape index (κ2) is 4.17. The molecular weight excluding hydrogens is 192 g/mol. The van der Waals surface area contributed by atoms with E-state index in [2.05, 4.69) is 0 Å². The van der Waals surface area contributed by atoms with Crippen LogP contribution in [0.4, 0.5) is 0 Å². The molecule has 0 unspecified atom stereocenters. The third kappa shape index (κ3) is 2.18. The van der Waals surface area contributed by atoms with Gasteiger partial charge in [-0.15, -0.1) is 0 Å². The Labute approximate surface area is 88.3 Å². The lowest BCUT2D eigenvalue weighted by atomic mass is 10.2. The van der Waals surface area contributed by atoms with Crippen molar-refractivity contribution in [3.05, 3.63) is 47.2 Å². The van der Waals surface area contributed by atoms with Gasteiger partial charge in [0.2, 0.25) is 0 Å². The number of carbonyl (C=O) groups excluding carboxylic acids is 1. The Balaban J connectivity index is 1.97. The fourth-order valence-corrected chi connectivity index (χ4v) is 1.36. The maximum atomic E-state index is 11.0. The molecule has 0 saturated heterocycles. The summed E-state index contributed by atoms with van der Waals surface area (Å²) in [6.45, 7) is 2.46. The monoisotopic (exact) mass is 204 g/mol. The standard InChI is InChI=1S/C12H12O3/c1-9-11(8-15-12(9)13)14-7-10-5-3-2-4-6-10/h2-6H,7-8H2,1H3. The minimum absolute atomic E-state index is 0.261. The molecule has 0 N–H and O–H groups in total. The lowest BCUT2D eigenvalue weighted by Crippen LogP contribution is -1.96. The molecule has 0 fully saturated rings. The highest BCUT2D eigenvalue weighted by atomic mass is 16.6. The number of cyclic esters (lactones) is 1. The van der Waals surface area contributed by atoms with Crippen molar-refractivity contribution in [1.29, 1.82) is 0 Å². The summed E-state index contributed by atoms with van der Waals surface area (Å²) in [5.74, 6) is 0.363. The highest BCUT2D eigenvalue weighted by Crippen LogP contribution is 2.17. The summed E-state index contributed by atoms with van der Waals surface area (Å²) >= 11 is 0. The zero-order valence-corrected chi connectivity index (χ0v) is 8.53. The van der Waals surface area contributed by atoms with E-state index in [-0.39, 0.29) is 12.6 Å². The Morgan fingerprint density at radius 3 is 2.67 bits per heavy atom. The predicted molar refractivity (Wildman–Crippen MR) is 54.9 cm³/mol. The van der Waals surface area contributed by atoms with Crippen molar-refractivity contribution in [2.45, 2.75) is 13.5 Å². The topological polar surface area (TPSA) is 35.5 Å². The molecule has 1 aromatic carbocycles. The molecule has 3 heteroatoms. The van der Waals surface area contributed by atoms with Crippen LogP contribution in [0.2, 0.25) is 0 Å². The van der Waals surface area contributed by atoms with Crippen molar-refractivity contribution in [2.24, 2.45) is 0 Å². The van der Waals surface area contributed by atoms with Crippen LogP contribution in [0.25, 0.3) is 0 Å². The quantitative estimate of drug-likeness (QED) is 0.707. The Morgan fingerprint density at radius 1 is 1.33 bits per heavy atom. The largest absolute Gasteiger partial charge is 0.489 e. The van der Waals surface area contributed by atoms with Crippen LogP contribution >= 0.6 is 0 Å². The van der Waals surface area contributed by atoms with Crippen LogP contribution in [0.1, 0.15) is 12.5 Å². The number of hydrogen-bond donors (Lipinski definition) is 0. The fourth-order valence-electron chi connectivity index (χ4n) is 1.36. The van der Waals surface area contributed by atoms with Gasteiger partial charge >= 0.3 is 5.97 Å². The highest BCUT2D eigenvalue weighted by Gasteiger charge is 2.21. The molecule has 78 valence electrons. The van der Waals surface area contributed by atoms with E-state index in [9.17, 15) is 4.79 Å². The number of benzene rings is 1. The minimum Gasteiger partial charge on any atom is -0.489 e. The SMILES string of the molecule is CC1=C(OCc2ccccc2)COC1=O. The molecule has 0 amide bonds. The summed E-state index contributed by atoms with van der Waals surface area (Å²) in [6.07, 6.45) is 0. The first-order valence-corrected chi connectivity index (χ1v) is 4.81. The van der Waals surface area contributed by atoms with Gasteiger partial charge in [0.15, 0.2) is 0 Å². The Morgan fingerprint density at radius 2 is 2.07 bits per heavy atom. The summed E-state index contributed by atoms with van der Waals surface area (Å²) < 4.78 is 10.3. The molecule has 0 atom stereocenters. The molecular formula is C12H12O3. The lowest BCUT2D eigenvalue weighted by Gasteiger charge is -2.05. The molecule has 0 aliphatic carbocycles. The van der Waals surface area contributed by atoms with E-state index in [1.165, 1.54) is 0 Å². The van der Waals surface area contributed by atoms with Gasteiger partial charge in [0.05, 0.1) is 5.57 Å². The molecule has 2 rings (SSSR count). The van der Waals surface area contributed by atoms with Crippen molar-refractivity contribution < 1.29 is 14.3 Å². The number of ether oxygens (including phenoxy) is 2. The maximum Gasteiger partial charge on any atom is 0.337 e. The van der Waals surface area contributed by atoms with E-state index in [1.54, 1.807) is 6.92 Å². The van der Waals surface area contributed by atoms with Crippen LogP contribution < -0.4 is 0 Å². The molecule has 1 aliphatic heterocycles. The second-order valence-corrected chi connectivity index (χ2v) is 3.40. The predicted octanol–water partition coefficient (Wildman–Crippen LogP) is 2.03. The minimum atomic E-state index is -0.280.